The van der Waals surface area contributed by atoms with Crippen LogP contribution in [0, 0.1) is 20.8 Å². The first-order chi connectivity index (χ1) is 11.6. The van der Waals surface area contributed by atoms with E-state index in [0.29, 0.717) is 6.04 Å². The van der Waals surface area contributed by atoms with Crippen LogP contribution in [0.4, 0.5) is 5.82 Å². The summed E-state index contributed by atoms with van der Waals surface area (Å²) in [6.45, 7) is 10.5. The van der Waals surface area contributed by atoms with Crippen molar-refractivity contribution in [2.24, 2.45) is 0 Å². The smallest absolute Gasteiger partial charge is 0.148 e. The molecular formula is C19H26N4O. The predicted octanol–water partition coefficient (Wildman–Crippen LogP) is 2.89. The second-order valence-electron chi connectivity index (χ2n) is 6.46. The van der Waals surface area contributed by atoms with Crippen molar-refractivity contribution in [3.63, 3.8) is 0 Å². The van der Waals surface area contributed by atoms with Gasteiger partial charge in [-0.25, -0.2) is 0 Å². The summed E-state index contributed by atoms with van der Waals surface area (Å²) in [7, 11) is 0. The largest absolute Gasteiger partial charge is 0.379 e. The number of hydrogen-bond acceptors (Lipinski definition) is 5. The number of morpholine rings is 1. The van der Waals surface area contributed by atoms with Gasteiger partial charge in [0.25, 0.3) is 0 Å². The van der Waals surface area contributed by atoms with Gasteiger partial charge in [0.1, 0.15) is 5.82 Å². The first-order valence-electron chi connectivity index (χ1n) is 8.56. The molecule has 3 rings (SSSR count). The van der Waals surface area contributed by atoms with Crippen molar-refractivity contribution >= 4 is 5.82 Å². The van der Waals surface area contributed by atoms with E-state index in [1.54, 1.807) is 0 Å². The van der Waals surface area contributed by atoms with Crippen LogP contribution in [0.2, 0.25) is 0 Å². The van der Waals surface area contributed by atoms with E-state index in [0.717, 1.165) is 49.9 Å². The molecule has 2 aromatic rings. The van der Waals surface area contributed by atoms with E-state index in [1.165, 1.54) is 11.1 Å². The standard InChI is InChI=1S/C19H26N4O/c1-14-5-4-6-17(11-14)18(23-7-9-24-10-8-23)13-20-19-12-15(2)16(3)21-22-19/h4-6,11-12,18H,7-10,13H2,1-3H3,(H,20,22). The van der Waals surface area contributed by atoms with E-state index in [4.69, 9.17) is 4.74 Å². The van der Waals surface area contributed by atoms with Gasteiger partial charge in [0.05, 0.1) is 24.9 Å². The third-order valence-electron chi connectivity index (χ3n) is 4.62. The molecule has 5 heteroatoms. The van der Waals surface area contributed by atoms with Crippen LogP contribution in [-0.2, 0) is 4.74 Å². The van der Waals surface area contributed by atoms with Gasteiger partial charge in [0, 0.05) is 19.6 Å². The first-order valence-corrected chi connectivity index (χ1v) is 8.56. The molecule has 0 bridgehead atoms. The number of ether oxygens (including phenoxy) is 1. The molecule has 5 nitrogen and oxygen atoms in total. The number of aromatic nitrogens is 2. The maximum atomic E-state index is 5.52. The lowest BCUT2D eigenvalue weighted by Crippen LogP contribution is -2.41. The maximum Gasteiger partial charge on any atom is 0.148 e. The molecule has 1 atom stereocenters. The molecular weight excluding hydrogens is 300 g/mol. The maximum absolute atomic E-state index is 5.52. The highest BCUT2D eigenvalue weighted by atomic mass is 16.5. The van der Waals surface area contributed by atoms with Gasteiger partial charge in [-0.15, -0.1) is 5.10 Å². The Bertz CT molecular complexity index is 683. The SMILES string of the molecule is Cc1cccc(C(CNc2cc(C)c(C)nn2)N2CCOCC2)c1. The Morgan fingerprint density at radius 3 is 2.62 bits per heavy atom. The topological polar surface area (TPSA) is 50.3 Å². The molecule has 0 amide bonds. The molecule has 0 spiro atoms. The fourth-order valence-electron chi connectivity index (χ4n) is 3.06. The molecule has 1 N–H and O–H groups in total. The summed E-state index contributed by atoms with van der Waals surface area (Å²) < 4.78 is 5.52. The Labute approximate surface area is 144 Å². The average molecular weight is 326 g/mol. The molecule has 0 aliphatic carbocycles. The number of nitrogens with one attached hydrogen (secondary N) is 1. The van der Waals surface area contributed by atoms with Gasteiger partial charge >= 0.3 is 0 Å². The van der Waals surface area contributed by atoms with Crippen molar-refractivity contribution in [2.75, 3.05) is 38.2 Å². The van der Waals surface area contributed by atoms with E-state index in [1.807, 2.05) is 6.92 Å². The number of rotatable bonds is 5. The third kappa shape index (κ3) is 4.10. The zero-order valence-corrected chi connectivity index (χ0v) is 14.7. The van der Waals surface area contributed by atoms with Crippen LogP contribution in [-0.4, -0.2) is 47.9 Å². The van der Waals surface area contributed by atoms with Crippen molar-refractivity contribution < 1.29 is 4.74 Å². The van der Waals surface area contributed by atoms with E-state index >= 15 is 0 Å². The zero-order valence-electron chi connectivity index (χ0n) is 14.7. The predicted molar refractivity (Wildman–Crippen MR) is 96.3 cm³/mol. The molecule has 1 saturated heterocycles. The Hall–Kier alpha value is -1.98. The molecule has 0 radical (unpaired) electrons. The summed E-state index contributed by atoms with van der Waals surface area (Å²) in [6, 6.07) is 11.1. The molecule has 1 fully saturated rings. The molecule has 24 heavy (non-hydrogen) atoms. The van der Waals surface area contributed by atoms with Crippen molar-refractivity contribution in [3.05, 3.63) is 52.7 Å². The highest BCUT2D eigenvalue weighted by molar-refractivity contribution is 5.38. The molecule has 1 aliphatic heterocycles. The molecule has 1 aromatic carbocycles. The fourth-order valence-corrected chi connectivity index (χ4v) is 3.06. The Morgan fingerprint density at radius 1 is 1.12 bits per heavy atom. The minimum Gasteiger partial charge on any atom is -0.379 e. The van der Waals surface area contributed by atoms with E-state index < -0.39 is 0 Å². The van der Waals surface area contributed by atoms with Crippen LogP contribution >= 0.6 is 0 Å². The van der Waals surface area contributed by atoms with Gasteiger partial charge in [-0.1, -0.05) is 29.8 Å². The van der Waals surface area contributed by atoms with Gasteiger partial charge < -0.3 is 10.1 Å². The fraction of sp³-hybridized carbons (Fsp3) is 0.474. The summed E-state index contributed by atoms with van der Waals surface area (Å²) in [5.41, 5.74) is 4.76. The second kappa shape index (κ2) is 7.73. The van der Waals surface area contributed by atoms with Crippen molar-refractivity contribution in [2.45, 2.75) is 26.8 Å². The van der Waals surface area contributed by atoms with Crippen LogP contribution in [0.15, 0.2) is 30.3 Å². The van der Waals surface area contributed by atoms with Crippen molar-refractivity contribution in [1.82, 2.24) is 15.1 Å². The highest BCUT2D eigenvalue weighted by Crippen LogP contribution is 2.23. The van der Waals surface area contributed by atoms with E-state index in [2.05, 4.69) is 64.6 Å². The minimum atomic E-state index is 0.303. The monoisotopic (exact) mass is 326 g/mol. The highest BCUT2D eigenvalue weighted by Gasteiger charge is 2.22. The van der Waals surface area contributed by atoms with Crippen molar-refractivity contribution in [3.8, 4) is 0 Å². The summed E-state index contributed by atoms with van der Waals surface area (Å²) in [5.74, 6) is 0.837. The molecule has 1 unspecified atom stereocenters. The van der Waals surface area contributed by atoms with Crippen molar-refractivity contribution in [1.29, 1.82) is 0 Å². The quantitative estimate of drug-likeness (QED) is 0.915. The molecule has 1 aliphatic rings. The van der Waals surface area contributed by atoms with Crippen LogP contribution in [0.3, 0.4) is 0 Å². The normalized spacial score (nSPS) is 16.8. The number of aryl methyl sites for hydroxylation is 3. The van der Waals surface area contributed by atoms with Crippen LogP contribution in [0.5, 0.6) is 0 Å². The number of hydrogen-bond donors (Lipinski definition) is 1. The first kappa shape index (κ1) is 16.9. The molecule has 2 heterocycles. The number of nitrogens with zero attached hydrogens (tertiary/aromatic N) is 3. The zero-order chi connectivity index (χ0) is 16.9. The third-order valence-corrected chi connectivity index (χ3v) is 4.62. The Balaban J connectivity index is 1.77. The van der Waals surface area contributed by atoms with E-state index in [9.17, 15) is 0 Å². The van der Waals surface area contributed by atoms with Gasteiger partial charge in [-0.2, -0.15) is 5.10 Å². The Morgan fingerprint density at radius 2 is 1.92 bits per heavy atom. The number of anilines is 1. The van der Waals surface area contributed by atoms with Gasteiger partial charge in [-0.05, 0) is 38.0 Å². The summed E-state index contributed by atoms with van der Waals surface area (Å²) >= 11 is 0. The minimum absolute atomic E-state index is 0.303. The summed E-state index contributed by atoms with van der Waals surface area (Å²) in [6.07, 6.45) is 0. The van der Waals surface area contributed by atoms with Crippen LogP contribution < -0.4 is 5.32 Å². The lowest BCUT2D eigenvalue weighted by atomic mass is 10.0. The average Bonchev–Trinajstić information content (AvgIpc) is 2.59. The number of benzene rings is 1. The lowest BCUT2D eigenvalue weighted by molar-refractivity contribution is 0.0187. The molecule has 0 saturated carbocycles. The lowest BCUT2D eigenvalue weighted by Gasteiger charge is -2.35. The second-order valence-corrected chi connectivity index (χ2v) is 6.46. The van der Waals surface area contributed by atoms with Crippen LogP contribution in [0.25, 0.3) is 0 Å². The van der Waals surface area contributed by atoms with Gasteiger partial charge in [0.15, 0.2) is 0 Å². The molecule has 1 aromatic heterocycles. The summed E-state index contributed by atoms with van der Waals surface area (Å²) in [4.78, 5) is 2.49. The van der Waals surface area contributed by atoms with Crippen LogP contribution in [0.1, 0.15) is 28.4 Å². The molecule has 128 valence electrons. The summed E-state index contributed by atoms with van der Waals surface area (Å²) in [5, 5.41) is 11.9. The van der Waals surface area contributed by atoms with E-state index in [-0.39, 0.29) is 0 Å². The Kier molecular flexibility index (Phi) is 5.43. The van der Waals surface area contributed by atoms with Gasteiger partial charge in [0.2, 0.25) is 0 Å². The van der Waals surface area contributed by atoms with Gasteiger partial charge in [-0.3, -0.25) is 4.90 Å².